The summed E-state index contributed by atoms with van der Waals surface area (Å²) in [5.74, 6) is 7.08. The van der Waals surface area contributed by atoms with Gasteiger partial charge in [-0.05, 0) is 36.4 Å². The van der Waals surface area contributed by atoms with Gasteiger partial charge in [-0.1, -0.05) is 11.8 Å². The smallest absolute Gasteiger partial charge is 0.128 e. The Morgan fingerprint density at radius 1 is 0.955 bits per heavy atom. The molecule has 0 amide bonds. The maximum Gasteiger partial charge on any atom is 0.128 e. The molecule has 0 saturated heterocycles. The van der Waals surface area contributed by atoms with Gasteiger partial charge in [0, 0.05) is 50.7 Å². The second-order valence-corrected chi connectivity index (χ2v) is 5.24. The molecule has 0 saturated carbocycles. The van der Waals surface area contributed by atoms with Crippen LogP contribution in [0.2, 0.25) is 0 Å². The SMILES string of the molecule is CN(C)c1ccc(C#Cc2ccc(N(C)CCO)nc2)cc1. The highest BCUT2D eigenvalue weighted by atomic mass is 16.3. The Labute approximate surface area is 132 Å². The first-order chi connectivity index (χ1) is 10.6. The van der Waals surface area contributed by atoms with Crippen molar-refractivity contribution in [2.75, 3.05) is 44.1 Å². The van der Waals surface area contributed by atoms with Crippen molar-refractivity contribution in [2.45, 2.75) is 0 Å². The molecule has 0 unspecified atom stereocenters. The molecule has 0 spiro atoms. The van der Waals surface area contributed by atoms with Gasteiger partial charge in [0.1, 0.15) is 5.82 Å². The van der Waals surface area contributed by atoms with Gasteiger partial charge in [0.05, 0.1) is 6.61 Å². The maximum atomic E-state index is 8.92. The van der Waals surface area contributed by atoms with E-state index in [1.807, 2.05) is 50.3 Å². The van der Waals surface area contributed by atoms with E-state index in [-0.39, 0.29) is 6.61 Å². The summed E-state index contributed by atoms with van der Waals surface area (Å²) in [6, 6.07) is 12.0. The van der Waals surface area contributed by atoms with E-state index in [1.54, 1.807) is 6.20 Å². The quantitative estimate of drug-likeness (QED) is 0.876. The van der Waals surface area contributed by atoms with Crippen LogP contribution in [0.5, 0.6) is 0 Å². The van der Waals surface area contributed by atoms with E-state index < -0.39 is 0 Å². The molecule has 1 aromatic carbocycles. The number of rotatable bonds is 4. The standard InChI is InChI=1S/C18H21N3O/c1-20(2)17-9-6-15(7-10-17)4-5-16-8-11-18(19-14-16)21(3)12-13-22/h6-11,14,22H,12-13H2,1-3H3. The van der Waals surface area contributed by atoms with Gasteiger partial charge in [-0.3, -0.25) is 0 Å². The van der Waals surface area contributed by atoms with E-state index in [2.05, 4.69) is 33.9 Å². The van der Waals surface area contributed by atoms with Crippen molar-refractivity contribution in [2.24, 2.45) is 0 Å². The topological polar surface area (TPSA) is 39.6 Å². The molecule has 2 rings (SSSR count). The second-order valence-electron chi connectivity index (χ2n) is 5.24. The number of aliphatic hydroxyl groups excluding tert-OH is 1. The lowest BCUT2D eigenvalue weighted by Crippen LogP contribution is -2.21. The molecule has 114 valence electrons. The Morgan fingerprint density at radius 3 is 2.14 bits per heavy atom. The van der Waals surface area contributed by atoms with Crippen LogP contribution in [0.15, 0.2) is 42.6 Å². The van der Waals surface area contributed by atoms with Crippen LogP contribution in [0.4, 0.5) is 11.5 Å². The fraction of sp³-hybridized carbons (Fsp3) is 0.278. The van der Waals surface area contributed by atoms with Crippen LogP contribution in [0.1, 0.15) is 11.1 Å². The zero-order valence-electron chi connectivity index (χ0n) is 13.2. The Hall–Kier alpha value is -2.51. The Kier molecular flexibility index (Phi) is 5.40. The number of nitrogens with zero attached hydrogens (tertiary/aromatic N) is 3. The molecule has 2 aromatic rings. The van der Waals surface area contributed by atoms with Crippen LogP contribution in [0, 0.1) is 11.8 Å². The van der Waals surface area contributed by atoms with Crippen molar-refractivity contribution < 1.29 is 5.11 Å². The number of anilines is 2. The third-order valence-electron chi connectivity index (χ3n) is 3.31. The average Bonchev–Trinajstić information content (AvgIpc) is 2.54. The minimum absolute atomic E-state index is 0.114. The van der Waals surface area contributed by atoms with Gasteiger partial charge >= 0.3 is 0 Å². The van der Waals surface area contributed by atoms with Crippen LogP contribution in [-0.4, -0.2) is 44.4 Å². The van der Waals surface area contributed by atoms with E-state index >= 15 is 0 Å². The minimum Gasteiger partial charge on any atom is -0.395 e. The molecule has 1 N–H and O–H groups in total. The van der Waals surface area contributed by atoms with Crippen LogP contribution < -0.4 is 9.80 Å². The molecule has 1 aromatic heterocycles. The van der Waals surface area contributed by atoms with Gasteiger partial charge in [-0.15, -0.1) is 0 Å². The lowest BCUT2D eigenvalue weighted by molar-refractivity contribution is 0.304. The summed E-state index contributed by atoms with van der Waals surface area (Å²) in [5, 5.41) is 8.92. The zero-order valence-corrected chi connectivity index (χ0v) is 13.2. The number of likely N-dealkylation sites (N-methyl/N-ethyl adjacent to an activating group) is 1. The summed E-state index contributed by atoms with van der Waals surface area (Å²) in [7, 11) is 5.93. The molecule has 0 atom stereocenters. The highest BCUT2D eigenvalue weighted by Crippen LogP contribution is 2.12. The first-order valence-electron chi connectivity index (χ1n) is 7.17. The lowest BCUT2D eigenvalue weighted by atomic mass is 10.2. The molecular weight excluding hydrogens is 274 g/mol. The monoisotopic (exact) mass is 295 g/mol. The van der Waals surface area contributed by atoms with Crippen LogP contribution in [0.3, 0.4) is 0 Å². The summed E-state index contributed by atoms with van der Waals surface area (Å²) in [4.78, 5) is 8.31. The third kappa shape index (κ3) is 4.24. The summed E-state index contributed by atoms with van der Waals surface area (Å²) < 4.78 is 0. The fourth-order valence-electron chi connectivity index (χ4n) is 1.94. The van der Waals surface area contributed by atoms with Crippen molar-refractivity contribution in [3.8, 4) is 11.8 Å². The van der Waals surface area contributed by atoms with Gasteiger partial charge in [0.25, 0.3) is 0 Å². The molecule has 0 aliphatic heterocycles. The predicted octanol–water partition coefficient (Wildman–Crippen LogP) is 1.98. The highest BCUT2D eigenvalue weighted by molar-refractivity contribution is 5.51. The number of hydrogen-bond acceptors (Lipinski definition) is 4. The fourth-order valence-corrected chi connectivity index (χ4v) is 1.94. The molecule has 4 heteroatoms. The molecule has 0 aliphatic carbocycles. The number of aromatic nitrogens is 1. The molecule has 0 bridgehead atoms. The molecule has 22 heavy (non-hydrogen) atoms. The van der Waals surface area contributed by atoms with Gasteiger partial charge in [-0.25, -0.2) is 4.98 Å². The molecule has 0 fully saturated rings. The van der Waals surface area contributed by atoms with Crippen molar-refractivity contribution in [3.63, 3.8) is 0 Å². The maximum absolute atomic E-state index is 8.92. The molecular formula is C18H21N3O. The predicted molar refractivity (Wildman–Crippen MR) is 91.3 cm³/mol. The van der Waals surface area contributed by atoms with Gasteiger partial charge in [0.15, 0.2) is 0 Å². The highest BCUT2D eigenvalue weighted by Gasteiger charge is 2.00. The number of hydrogen-bond donors (Lipinski definition) is 1. The number of aliphatic hydroxyl groups is 1. The zero-order chi connectivity index (χ0) is 15.9. The largest absolute Gasteiger partial charge is 0.395 e. The Balaban J connectivity index is 2.08. The van der Waals surface area contributed by atoms with Gasteiger partial charge in [-0.2, -0.15) is 0 Å². The summed E-state index contributed by atoms with van der Waals surface area (Å²) in [5.41, 5.74) is 3.01. The van der Waals surface area contributed by atoms with Crippen molar-refractivity contribution in [3.05, 3.63) is 53.7 Å². The molecule has 4 nitrogen and oxygen atoms in total. The second kappa shape index (κ2) is 7.48. The normalized spacial score (nSPS) is 9.82. The molecule has 0 aliphatic rings. The van der Waals surface area contributed by atoms with Crippen LogP contribution in [-0.2, 0) is 0 Å². The van der Waals surface area contributed by atoms with E-state index in [0.717, 1.165) is 22.6 Å². The van der Waals surface area contributed by atoms with Crippen LogP contribution >= 0.6 is 0 Å². The van der Waals surface area contributed by atoms with Gasteiger partial charge in [0.2, 0.25) is 0 Å². The van der Waals surface area contributed by atoms with E-state index in [4.69, 9.17) is 5.11 Å². The minimum atomic E-state index is 0.114. The summed E-state index contributed by atoms with van der Waals surface area (Å²) in [6.07, 6.45) is 1.75. The van der Waals surface area contributed by atoms with E-state index in [9.17, 15) is 0 Å². The average molecular weight is 295 g/mol. The molecule has 0 radical (unpaired) electrons. The first kappa shape index (κ1) is 15.9. The first-order valence-corrected chi connectivity index (χ1v) is 7.17. The van der Waals surface area contributed by atoms with Gasteiger partial charge < -0.3 is 14.9 Å². The van der Waals surface area contributed by atoms with Crippen molar-refractivity contribution in [1.82, 2.24) is 4.98 Å². The number of pyridine rings is 1. The van der Waals surface area contributed by atoms with Crippen LogP contribution in [0.25, 0.3) is 0 Å². The molecule has 1 heterocycles. The lowest BCUT2D eigenvalue weighted by Gasteiger charge is -2.15. The van der Waals surface area contributed by atoms with E-state index in [0.29, 0.717) is 6.54 Å². The van der Waals surface area contributed by atoms with E-state index in [1.165, 1.54) is 0 Å². The summed E-state index contributed by atoms with van der Waals surface area (Å²) in [6.45, 7) is 0.679. The Bertz CT molecular complexity index is 651. The summed E-state index contributed by atoms with van der Waals surface area (Å²) >= 11 is 0. The van der Waals surface area contributed by atoms with Crippen molar-refractivity contribution in [1.29, 1.82) is 0 Å². The van der Waals surface area contributed by atoms with Crippen molar-refractivity contribution >= 4 is 11.5 Å². The third-order valence-corrected chi connectivity index (χ3v) is 3.31. The Morgan fingerprint density at radius 2 is 1.59 bits per heavy atom. The number of benzene rings is 1.